The highest BCUT2D eigenvalue weighted by Crippen LogP contribution is 2.20. The van der Waals surface area contributed by atoms with Crippen LogP contribution in [0.2, 0.25) is 0 Å². The summed E-state index contributed by atoms with van der Waals surface area (Å²) in [4.78, 5) is 12.5. The standard InChI is InChI=1S/C30H43ClO3/c1-4-6-7-8-9-10-13-25-14-18-29(19-15-25)34-30(32)26-16-20-28(21-17-26)33-22-11-12-24(3)23-27(31)5-2/h14-21,24,27H,4-13,22-23H2,1-3H3/t24?,27-/m1/s1. The van der Waals surface area contributed by atoms with Gasteiger partial charge in [0.05, 0.1) is 12.2 Å². The number of carbonyl (C=O) groups is 1. The van der Waals surface area contributed by atoms with Crippen LogP contribution < -0.4 is 9.47 Å². The molecule has 0 aliphatic carbocycles. The first kappa shape index (κ1) is 28.2. The zero-order chi connectivity index (χ0) is 24.6. The van der Waals surface area contributed by atoms with Gasteiger partial charge in [-0.3, -0.25) is 0 Å². The van der Waals surface area contributed by atoms with Crippen LogP contribution in [0.5, 0.6) is 11.5 Å². The predicted octanol–water partition coefficient (Wildman–Crippen LogP) is 9.01. The molecule has 2 rings (SSSR count). The zero-order valence-corrected chi connectivity index (χ0v) is 22.1. The number of rotatable bonds is 17. The van der Waals surface area contributed by atoms with Gasteiger partial charge in [0.25, 0.3) is 0 Å². The summed E-state index contributed by atoms with van der Waals surface area (Å²) in [5, 5.41) is 0.270. The topological polar surface area (TPSA) is 35.5 Å². The number of benzene rings is 2. The largest absolute Gasteiger partial charge is 0.494 e. The SMILES string of the molecule is CCCCCCCCc1ccc(OC(=O)c2ccc(OCCCC(C)C[C@H](Cl)CC)cc2)cc1. The fourth-order valence-corrected chi connectivity index (χ4v) is 4.33. The first-order valence-electron chi connectivity index (χ1n) is 13.2. The van der Waals surface area contributed by atoms with Gasteiger partial charge in [0, 0.05) is 5.38 Å². The average Bonchev–Trinajstić information content (AvgIpc) is 2.85. The molecule has 0 amide bonds. The van der Waals surface area contributed by atoms with E-state index in [0.717, 1.165) is 37.9 Å². The second-order valence-electron chi connectivity index (χ2n) is 9.41. The molecule has 1 unspecified atom stereocenters. The van der Waals surface area contributed by atoms with Crippen molar-refractivity contribution in [1.82, 2.24) is 0 Å². The van der Waals surface area contributed by atoms with E-state index in [0.29, 0.717) is 23.8 Å². The number of hydrogen-bond donors (Lipinski definition) is 0. The Labute approximate surface area is 212 Å². The minimum atomic E-state index is -0.351. The lowest BCUT2D eigenvalue weighted by atomic mass is 9.99. The van der Waals surface area contributed by atoms with Gasteiger partial charge in [-0.25, -0.2) is 4.79 Å². The maximum atomic E-state index is 12.5. The van der Waals surface area contributed by atoms with E-state index >= 15 is 0 Å². The minimum Gasteiger partial charge on any atom is -0.494 e. The molecule has 188 valence electrons. The summed E-state index contributed by atoms with van der Waals surface area (Å²) < 4.78 is 11.4. The van der Waals surface area contributed by atoms with Crippen molar-refractivity contribution in [3.8, 4) is 11.5 Å². The molecule has 0 radical (unpaired) electrons. The predicted molar refractivity (Wildman–Crippen MR) is 143 cm³/mol. The normalized spacial score (nSPS) is 12.8. The fraction of sp³-hybridized carbons (Fsp3) is 0.567. The van der Waals surface area contributed by atoms with Gasteiger partial charge in [-0.2, -0.15) is 0 Å². The van der Waals surface area contributed by atoms with Crippen molar-refractivity contribution >= 4 is 17.6 Å². The third-order valence-corrected chi connectivity index (χ3v) is 6.74. The molecule has 0 aliphatic rings. The average molecular weight is 487 g/mol. The molecule has 4 heteroatoms. The smallest absolute Gasteiger partial charge is 0.343 e. The van der Waals surface area contributed by atoms with E-state index in [-0.39, 0.29) is 11.3 Å². The first-order valence-corrected chi connectivity index (χ1v) is 13.6. The molecule has 0 aliphatic heterocycles. The van der Waals surface area contributed by atoms with Gasteiger partial charge in [0.1, 0.15) is 11.5 Å². The van der Waals surface area contributed by atoms with Gasteiger partial charge in [0.2, 0.25) is 0 Å². The molecule has 2 aromatic rings. The molecule has 2 atom stereocenters. The summed E-state index contributed by atoms with van der Waals surface area (Å²) >= 11 is 6.23. The highest BCUT2D eigenvalue weighted by molar-refractivity contribution is 6.20. The molecule has 0 N–H and O–H groups in total. The Bertz CT molecular complexity index is 801. The summed E-state index contributed by atoms with van der Waals surface area (Å²) in [6.07, 6.45) is 13.0. The van der Waals surface area contributed by atoms with E-state index in [1.807, 2.05) is 24.3 Å². The van der Waals surface area contributed by atoms with Gasteiger partial charge < -0.3 is 9.47 Å². The summed E-state index contributed by atoms with van der Waals surface area (Å²) in [6.45, 7) is 7.28. The Kier molecular flexibility index (Phi) is 13.8. The Hall–Kier alpha value is -2.00. The Morgan fingerprint density at radius 3 is 2.18 bits per heavy atom. The number of ether oxygens (including phenoxy) is 2. The van der Waals surface area contributed by atoms with Gasteiger partial charge in [-0.05, 0) is 86.4 Å². The van der Waals surface area contributed by atoms with Crippen LogP contribution in [0.15, 0.2) is 48.5 Å². The molecule has 0 saturated heterocycles. The summed E-state index contributed by atoms with van der Waals surface area (Å²) in [5.74, 6) is 1.60. The van der Waals surface area contributed by atoms with Gasteiger partial charge in [-0.15, -0.1) is 11.6 Å². The number of halogens is 1. The fourth-order valence-electron chi connectivity index (χ4n) is 4.03. The summed E-state index contributed by atoms with van der Waals surface area (Å²) in [7, 11) is 0. The Morgan fingerprint density at radius 1 is 0.853 bits per heavy atom. The van der Waals surface area contributed by atoms with Crippen molar-refractivity contribution in [3.05, 3.63) is 59.7 Å². The van der Waals surface area contributed by atoms with Crippen molar-refractivity contribution in [2.45, 2.75) is 96.8 Å². The molecule has 2 aromatic carbocycles. The Morgan fingerprint density at radius 2 is 1.50 bits per heavy atom. The van der Waals surface area contributed by atoms with Crippen molar-refractivity contribution in [2.24, 2.45) is 5.92 Å². The van der Waals surface area contributed by atoms with Crippen LogP contribution in [-0.4, -0.2) is 18.0 Å². The third kappa shape index (κ3) is 11.4. The highest BCUT2D eigenvalue weighted by atomic mass is 35.5. The maximum Gasteiger partial charge on any atom is 0.343 e. The highest BCUT2D eigenvalue weighted by Gasteiger charge is 2.10. The molecule has 0 saturated carbocycles. The van der Waals surface area contributed by atoms with Crippen LogP contribution in [0.1, 0.15) is 101 Å². The molecular formula is C30H43ClO3. The van der Waals surface area contributed by atoms with Crippen LogP contribution in [-0.2, 0) is 6.42 Å². The van der Waals surface area contributed by atoms with Gasteiger partial charge in [0.15, 0.2) is 0 Å². The second-order valence-corrected chi connectivity index (χ2v) is 10.0. The van der Waals surface area contributed by atoms with Gasteiger partial charge in [-0.1, -0.05) is 65.0 Å². The maximum absolute atomic E-state index is 12.5. The van der Waals surface area contributed by atoms with Crippen LogP contribution in [0.4, 0.5) is 0 Å². The lowest BCUT2D eigenvalue weighted by Gasteiger charge is -2.14. The quantitative estimate of drug-likeness (QED) is 0.0967. The molecule has 0 bridgehead atoms. The minimum absolute atomic E-state index is 0.270. The van der Waals surface area contributed by atoms with E-state index in [1.54, 1.807) is 12.1 Å². The van der Waals surface area contributed by atoms with Crippen LogP contribution in [0, 0.1) is 5.92 Å². The number of aryl methyl sites for hydroxylation is 1. The number of unbranched alkanes of at least 4 members (excludes halogenated alkanes) is 5. The van der Waals surface area contributed by atoms with Crippen molar-refractivity contribution in [1.29, 1.82) is 0 Å². The van der Waals surface area contributed by atoms with Crippen molar-refractivity contribution in [2.75, 3.05) is 6.61 Å². The van der Waals surface area contributed by atoms with E-state index in [1.165, 1.54) is 44.1 Å². The zero-order valence-electron chi connectivity index (χ0n) is 21.4. The van der Waals surface area contributed by atoms with E-state index in [9.17, 15) is 4.79 Å². The van der Waals surface area contributed by atoms with Crippen molar-refractivity contribution < 1.29 is 14.3 Å². The second kappa shape index (κ2) is 16.6. The number of carbonyl (C=O) groups excluding carboxylic acids is 1. The molecule has 0 heterocycles. The molecular weight excluding hydrogens is 444 g/mol. The van der Waals surface area contributed by atoms with Crippen LogP contribution in [0.25, 0.3) is 0 Å². The first-order chi connectivity index (χ1) is 16.5. The van der Waals surface area contributed by atoms with Gasteiger partial charge >= 0.3 is 5.97 Å². The van der Waals surface area contributed by atoms with E-state index in [4.69, 9.17) is 21.1 Å². The lowest BCUT2D eigenvalue weighted by molar-refractivity contribution is 0.0734. The summed E-state index contributed by atoms with van der Waals surface area (Å²) in [6, 6.07) is 15.1. The monoisotopic (exact) mass is 486 g/mol. The van der Waals surface area contributed by atoms with E-state index in [2.05, 4.69) is 32.9 Å². The van der Waals surface area contributed by atoms with Crippen LogP contribution in [0.3, 0.4) is 0 Å². The summed E-state index contributed by atoms with van der Waals surface area (Å²) in [5.41, 5.74) is 1.81. The van der Waals surface area contributed by atoms with Crippen LogP contribution >= 0.6 is 11.6 Å². The number of esters is 1. The van der Waals surface area contributed by atoms with Crippen molar-refractivity contribution in [3.63, 3.8) is 0 Å². The number of hydrogen-bond acceptors (Lipinski definition) is 3. The molecule has 3 nitrogen and oxygen atoms in total. The molecule has 34 heavy (non-hydrogen) atoms. The third-order valence-electron chi connectivity index (χ3n) is 6.25. The Balaban J connectivity index is 1.69. The molecule has 0 spiro atoms. The van der Waals surface area contributed by atoms with E-state index < -0.39 is 0 Å². The molecule has 0 fully saturated rings. The lowest BCUT2D eigenvalue weighted by Crippen LogP contribution is -2.09. The number of alkyl halides is 1. The molecule has 0 aromatic heterocycles.